The van der Waals surface area contributed by atoms with Gasteiger partial charge in [-0.3, -0.25) is 4.79 Å². The number of hydrogen-bond acceptors (Lipinski definition) is 5. The number of nitrogens with one attached hydrogen (secondary N) is 1. The molecule has 1 N–H and O–H groups in total. The van der Waals surface area contributed by atoms with E-state index < -0.39 is 18.0 Å². The normalized spacial score (nSPS) is 11.8. The first-order chi connectivity index (χ1) is 13.7. The summed E-state index contributed by atoms with van der Waals surface area (Å²) >= 11 is 6.15. The summed E-state index contributed by atoms with van der Waals surface area (Å²) in [4.78, 5) is 24.4. The van der Waals surface area contributed by atoms with Gasteiger partial charge in [-0.15, -0.1) is 0 Å². The second kappa shape index (κ2) is 9.98. The Kier molecular flexibility index (Phi) is 7.67. The fourth-order valence-corrected chi connectivity index (χ4v) is 2.87. The summed E-state index contributed by atoms with van der Waals surface area (Å²) in [7, 11) is 2.98. The highest BCUT2D eigenvalue weighted by atomic mass is 35.5. The number of aryl methyl sites for hydroxylation is 2. The van der Waals surface area contributed by atoms with E-state index in [2.05, 4.69) is 5.32 Å². The van der Waals surface area contributed by atoms with Gasteiger partial charge in [0.25, 0.3) is 5.91 Å². The van der Waals surface area contributed by atoms with Crippen LogP contribution in [0, 0.1) is 13.8 Å². The molecule has 0 aliphatic carbocycles. The largest absolute Gasteiger partial charge is 0.493 e. The lowest BCUT2D eigenvalue weighted by atomic mass is 10.1. The standard InChI is InChI=1S/C22H24ClNO5/c1-13-6-7-14(2)18(10-13)24-22(26)15(3)29-20(25)9-8-16-11-17(23)21(28-5)19(12-16)27-4/h6-12,15H,1-5H3,(H,24,26)/b9-8+. The number of esters is 1. The maximum atomic E-state index is 12.3. The third kappa shape index (κ3) is 5.99. The Balaban J connectivity index is 2.01. The Bertz CT molecular complexity index is 939. The molecule has 1 atom stereocenters. The van der Waals surface area contributed by atoms with Gasteiger partial charge in [0.2, 0.25) is 0 Å². The molecule has 0 heterocycles. The number of carbonyl (C=O) groups excluding carboxylic acids is 2. The van der Waals surface area contributed by atoms with E-state index in [1.54, 1.807) is 12.1 Å². The Hall–Kier alpha value is -2.99. The van der Waals surface area contributed by atoms with E-state index in [0.29, 0.717) is 27.8 Å². The van der Waals surface area contributed by atoms with Crippen molar-refractivity contribution in [1.82, 2.24) is 0 Å². The third-order valence-electron chi connectivity index (χ3n) is 4.18. The van der Waals surface area contributed by atoms with E-state index >= 15 is 0 Å². The molecule has 0 saturated carbocycles. The van der Waals surface area contributed by atoms with E-state index in [1.165, 1.54) is 33.3 Å². The van der Waals surface area contributed by atoms with Gasteiger partial charge in [0.05, 0.1) is 19.2 Å². The van der Waals surface area contributed by atoms with Crippen molar-refractivity contribution in [1.29, 1.82) is 0 Å². The van der Waals surface area contributed by atoms with Crippen molar-refractivity contribution in [3.8, 4) is 11.5 Å². The quantitative estimate of drug-likeness (QED) is 0.528. The Morgan fingerprint density at radius 3 is 2.48 bits per heavy atom. The van der Waals surface area contributed by atoms with Crippen LogP contribution in [-0.2, 0) is 14.3 Å². The van der Waals surface area contributed by atoms with Gasteiger partial charge >= 0.3 is 5.97 Å². The second-order valence-electron chi connectivity index (χ2n) is 6.46. The van der Waals surface area contributed by atoms with Crippen LogP contribution in [0.5, 0.6) is 11.5 Å². The molecule has 2 rings (SSSR count). The second-order valence-corrected chi connectivity index (χ2v) is 6.87. The van der Waals surface area contributed by atoms with Crippen LogP contribution in [0.15, 0.2) is 36.4 Å². The predicted molar refractivity (Wildman–Crippen MR) is 114 cm³/mol. The first kappa shape index (κ1) is 22.3. The molecule has 0 saturated heterocycles. The molecule has 1 amide bonds. The van der Waals surface area contributed by atoms with Gasteiger partial charge in [-0.1, -0.05) is 23.7 Å². The molecule has 6 nitrogen and oxygen atoms in total. The molecular weight excluding hydrogens is 394 g/mol. The van der Waals surface area contributed by atoms with Crippen molar-refractivity contribution in [2.75, 3.05) is 19.5 Å². The van der Waals surface area contributed by atoms with Crippen LogP contribution < -0.4 is 14.8 Å². The summed E-state index contributed by atoms with van der Waals surface area (Å²) in [5, 5.41) is 3.13. The van der Waals surface area contributed by atoms with E-state index in [1.807, 2.05) is 32.0 Å². The smallest absolute Gasteiger partial charge is 0.331 e. The van der Waals surface area contributed by atoms with E-state index in [0.717, 1.165) is 11.1 Å². The minimum Gasteiger partial charge on any atom is -0.493 e. The monoisotopic (exact) mass is 417 g/mol. The lowest BCUT2D eigenvalue weighted by Crippen LogP contribution is -2.29. The Morgan fingerprint density at radius 2 is 1.83 bits per heavy atom. The number of rotatable bonds is 7. The minimum atomic E-state index is -0.957. The lowest BCUT2D eigenvalue weighted by Gasteiger charge is -2.14. The third-order valence-corrected chi connectivity index (χ3v) is 4.46. The van der Waals surface area contributed by atoms with Crippen molar-refractivity contribution < 1.29 is 23.8 Å². The molecule has 29 heavy (non-hydrogen) atoms. The van der Waals surface area contributed by atoms with Gasteiger partial charge in [0.1, 0.15) is 0 Å². The molecule has 154 valence electrons. The average Bonchev–Trinajstić information content (AvgIpc) is 2.68. The molecule has 0 fully saturated rings. The van der Waals surface area contributed by atoms with Crippen LogP contribution in [0.2, 0.25) is 5.02 Å². The highest BCUT2D eigenvalue weighted by molar-refractivity contribution is 6.32. The molecule has 0 aliphatic rings. The van der Waals surface area contributed by atoms with Crippen LogP contribution >= 0.6 is 11.6 Å². The molecule has 1 unspecified atom stereocenters. The zero-order valence-electron chi connectivity index (χ0n) is 17.0. The van der Waals surface area contributed by atoms with E-state index in [-0.39, 0.29) is 0 Å². The van der Waals surface area contributed by atoms with E-state index in [9.17, 15) is 9.59 Å². The number of methoxy groups -OCH3 is 2. The van der Waals surface area contributed by atoms with Crippen LogP contribution in [0.3, 0.4) is 0 Å². The Morgan fingerprint density at radius 1 is 1.10 bits per heavy atom. The van der Waals surface area contributed by atoms with Gasteiger partial charge in [-0.2, -0.15) is 0 Å². The van der Waals surface area contributed by atoms with Crippen molar-refractivity contribution in [2.24, 2.45) is 0 Å². The molecular formula is C22H24ClNO5. The molecule has 2 aromatic carbocycles. The van der Waals surface area contributed by atoms with Crippen LogP contribution in [0.25, 0.3) is 6.08 Å². The molecule has 0 bridgehead atoms. The number of hydrogen-bond donors (Lipinski definition) is 1. The molecule has 0 spiro atoms. The summed E-state index contributed by atoms with van der Waals surface area (Å²) < 4.78 is 15.6. The highest BCUT2D eigenvalue weighted by Crippen LogP contribution is 2.36. The molecule has 0 radical (unpaired) electrons. The maximum Gasteiger partial charge on any atom is 0.331 e. The fourth-order valence-electron chi connectivity index (χ4n) is 2.57. The molecule has 0 aliphatic heterocycles. The summed E-state index contributed by atoms with van der Waals surface area (Å²) in [5.74, 6) is -0.214. The molecule has 7 heteroatoms. The van der Waals surface area contributed by atoms with Gasteiger partial charge in [-0.05, 0) is 61.7 Å². The van der Waals surface area contributed by atoms with Crippen molar-refractivity contribution in [3.05, 3.63) is 58.1 Å². The summed E-state index contributed by atoms with van der Waals surface area (Å²) in [6.45, 7) is 5.34. The summed E-state index contributed by atoms with van der Waals surface area (Å²) in [5.41, 5.74) is 3.25. The highest BCUT2D eigenvalue weighted by Gasteiger charge is 2.17. The lowest BCUT2D eigenvalue weighted by molar-refractivity contribution is -0.148. The zero-order valence-corrected chi connectivity index (χ0v) is 17.8. The predicted octanol–water partition coefficient (Wildman–Crippen LogP) is 4.56. The number of anilines is 1. The van der Waals surface area contributed by atoms with Crippen LogP contribution in [0.4, 0.5) is 5.69 Å². The van der Waals surface area contributed by atoms with Crippen LogP contribution in [0.1, 0.15) is 23.6 Å². The minimum absolute atomic E-state index is 0.348. The first-order valence-corrected chi connectivity index (χ1v) is 9.31. The number of carbonyl (C=O) groups is 2. The van der Waals surface area contributed by atoms with Crippen molar-refractivity contribution >= 4 is 35.2 Å². The summed E-state index contributed by atoms with van der Waals surface area (Å²) in [6, 6.07) is 9.04. The first-order valence-electron chi connectivity index (χ1n) is 8.93. The number of ether oxygens (including phenoxy) is 3. The SMILES string of the molecule is COc1cc(/C=C/C(=O)OC(C)C(=O)Nc2cc(C)ccc2C)cc(Cl)c1OC. The molecule has 2 aromatic rings. The molecule has 0 aromatic heterocycles. The van der Waals surface area contributed by atoms with Gasteiger partial charge < -0.3 is 19.5 Å². The van der Waals surface area contributed by atoms with Crippen LogP contribution in [-0.4, -0.2) is 32.2 Å². The zero-order chi connectivity index (χ0) is 21.6. The van der Waals surface area contributed by atoms with Gasteiger partial charge in [-0.25, -0.2) is 4.79 Å². The topological polar surface area (TPSA) is 73.9 Å². The van der Waals surface area contributed by atoms with Gasteiger partial charge in [0.15, 0.2) is 17.6 Å². The number of amides is 1. The maximum absolute atomic E-state index is 12.3. The summed E-state index contributed by atoms with van der Waals surface area (Å²) in [6.07, 6.45) is 1.78. The van der Waals surface area contributed by atoms with E-state index in [4.69, 9.17) is 25.8 Å². The van der Waals surface area contributed by atoms with Crippen molar-refractivity contribution in [3.63, 3.8) is 0 Å². The number of benzene rings is 2. The number of halogens is 1. The van der Waals surface area contributed by atoms with Gasteiger partial charge in [0, 0.05) is 11.8 Å². The average molecular weight is 418 g/mol. The fraction of sp³-hybridized carbons (Fsp3) is 0.273. The van der Waals surface area contributed by atoms with Crippen molar-refractivity contribution in [2.45, 2.75) is 26.9 Å². The Labute approximate surface area is 175 Å².